The third-order valence-electron chi connectivity index (χ3n) is 2.29. The first-order valence-corrected chi connectivity index (χ1v) is 6.29. The molecular weight excluding hydrogens is 250 g/mol. The van der Waals surface area contributed by atoms with E-state index in [1.807, 2.05) is 12.3 Å². The maximum absolute atomic E-state index is 10.9. The second-order valence-corrected chi connectivity index (χ2v) is 4.87. The zero-order valence-corrected chi connectivity index (χ0v) is 10.9. The van der Waals surface area contributed by atoms with Crippen molar-refractivity contribution in [2.24, 2.45) is 0 Å². The third kappa shape index (κ3) is 3.04. The number of rotatable bonds is 4. The van der Waals surface area contributed by atoms with E-state index in [2.05, 4.69) is 15.3 Å². The quantitative estimate of drug-likeness (QED) is 0.886. The fourth-order valence-corrected chi connectivity index (χ4v) is 2.24. The van der Waals surface area contributed by atoms with Crippen LogP contribution < -0.4 is 5.32 Å². The predicted molar refractivity (Wildman–Crippen MR) is 70.1 cm³/mol. The molecule has 2 aromatic rings. The Morgan fingerprint density at radius 1 is 1.33 bits per heavy atom. The molecule has 0 aliphatic rings. The summed E-state index contributed by atoms with van der Waals surface area (Å²) in [6.45, 7) is 4.26. The van der Waals surface area contributed by atoms with Crippen molar-refractivity contribution in [3.8, 4) is 0 Å². The molecule has 2 rings (SSSR count). The summed E-state index contributed by atoms with van der Waals surface area (Å²) in [5, 5.41) is 15.0. The van der Waals surface area contributed by atoms with Gasteiger partial charge in [-0.1, -0.05) is 0 Å². The summed E-state index contributed by atoms with van der Waals surface area (Å²) in [7, 11) is 0. The fraction of sp³-hybridized carbons (Fsp3) is 0.250. The maximum atomic E-state index is 10.9. The third-order valence-corrected chi connectivity index (χ3v) is 3.25. The van der Waals surface area contributed by atoms with Crippen LogP contribution >= 0.6 is 11.3 Å². The molecule has 6 heteroatoms. The van der Waals surface area contributed by atoms with Gasteiger partial charge in [0.2, 0.25) is 0 Å². The van der Waals surface area contributed by atoms with Crippen LogP contribution in [0.2, 0.25) is 0 Å². The number of aryl methyl sites for hydroxylation is 2. The summed E-state index contributed by atoms with van der Waals surface area (Å²) in [5.41, 5.74) is 1.90. The molecule has 18 heavy (non-hydrogen) atoms. The van der Waals surface area contributed by atoms with Crippen LogP contribution in [0.4, 0.5) is 5.82 Å². The highest BCUT2D eigenvalue weighted by atomic mass is 32.1. The van der Waals surface area contributed by atoms with E-state index >= 15 is 0 Å². The van der Waals surface area contributed by atoms with Gasteiger partial charge in [0.25, 0.3) is 0 Å². The van der Waals surface area contributed by atoms with E-state index in [0.29, 0.717) is 18.1 Å². The highest BCUT2D eigenvalue weighted by Crippen LogP contribution is 2.13. The summed E-state index contributed by atoms with van der Waals surface area (Å²) in [5.74, 6) is -0.395. The van der Waals surface area contributed by atoms with E-state index in [1.54, 1.807) is 24.3 Å². The SMILES string of the molecule is Cc1cc(C(=O)O)cc(NCc2nc(C)cs2)n1. The second kappa shape index (κ2) is 5.14. The molecular formula is C12H13N3O2S. The number of anilines is 1. The molecule has 94 valence electrons. The standard InChI is InChI=1S/C12H13N3O2S/c1-7-3-9(12(16)17)4-10(14-7)13-5-11-15-8(2)6-18-11/h3-4,6H,5H2,1-2H3,(H,13,14)(H,16,17). The minimum Gasteiger partial charge on any atom is -0.478 e. The van der Waals surface area contributed by atoms with Crippen LogP contribution in [-0.2, 0) is 6.54 Å². The first kappa shape index (κ1) is 12.5. The van der Waals surface area contributed by atoms with Crippen LogP contribution in [0.1, 0.15) is 26.8 Å². The molecule has 0 aliphatic heterocycles. The van der Waals surface area contributed by atoms with Crippen molar-refractivity contribution in [3.63, 3.8) is 0 Å². The maximum Gasteiger partial charge on any atom is 0.335 e. The van der Waals surface area contributed by atoms with Crippen molar-refractivity contribution in [1.29, 1.82) is 0 Å². The van der Waals surface area contributed by atoms with Gasteiger partial charge in [-0.2, -0.15) is 0 Å². The van der Waals surface area contributed by atoms with Gasteiger partial charge < -0.3 is 10.4 Å². The number of pyridine rings is 1. The Morgan fingerprint density at radius 3 is 2.72 bits per heavy atom. The van der Waals surface area contributed by atoms with Crippen LogP contribution in [0.3, 0.4) is 0 Å². The average Bonchev–Trinajstić information content (AvgIpc) is 2.72. The number of aromatic nitrogens is 2. The number of hydrogen-bond acceptors (Lipinski definition) is 5. The Morgan fingerprint density at radius 2 is 2.11 bits per heavy atom. The Kier molecular flexibility index (Phi) is 3.57. The van der Waals surface area contributed by atoms with E-state index < -0.39 is 5.97 Å². The van der Waals surface area contributed by atoms with Gasteiger partial charge in [0, 0.05) is 16.8 Å². The van der Waals surface area contributed by atoms with Crippen LogP contribution in [0.25, 0.3) is 0 Å². The largest absolute Gasteiger partial charge is 0.478 e. The van der Waals surface area contributed by atoms with Gasteiger partial charge in [-0.25, -0.2) is 14.8 Å². The molecule has 0 fully saturated rings. The summed E-state index contributed by atoms with van der Waals surface area (Å²) in [6.07, 6.45) is 0. The molecule has 0 bridgehead atoms. The number of carbonyl (C=O) groups is 1. The molecule has 0 aromatic carbocycles. The fourth-order valence-electron chi connectivity index (χ4n) is 1.53. The van der Waals surface area contributed by atoms with Gasteiger partial charge in [0.1, 0.15) is 10.8 Å². The van der Waals surface area contributed by atoms with Gasteiger partial charge >= 0.3 is 5.97 Å². The van der Waals surface area contributed by atoms with Crippen molar-refractivity contribution in [2.45, 2.75) is 20.4 Å². The second-order valence-electron chi connectivity index (χ2n) is 3.92. The summed E-state index contributed by atoms with van der Waals surface area (Å²) in [4.78, 5) is 19.5. The first-order valence-electron chi connectivity index (χ1n) is 5.41. The molecule has 0 atom stereocenters. The Balaban J connectivity index is 2.11. The van der Waals surface area contributed by atoms with E-state index in [-0.39, 0.29) is 5.56 Å². The number of aromatic carboxylic acids is 1. The molecule has 2 N–H and O–H groups in total. The molecule has 2 aromatic heterocycles. The topological polar surface area (TPSA) is 75.1 Å². The number of carboxylic acid groups (broad SMARTS) is 1. The summed E-state index contributed by atoms with van der Waals surface area (Å²) >= 11 is 1.57. The predicted octanol–water partition coefficient (Wildman–Crippen LogP) is 2.47. The average molecular weight is 263 g/mol. The summed E-state index contributed by atoms with van der Waals surface area (Å²) < 4.78 is 0. The lowest BCUT2D eigenvalue weighted by molar-refractivity contribution is 0.0696. The Labute approximate surface area is 109 Å². The van der Waals surface area contributed by atoms with Crippen molar-refractivity contribution in [3.05, 3.63) is 39.5 Å². The smallest absolute Gasteiger partial charge is 0.335 e. The molecule has 0 saturated heterocycles. The molecule has 0 amide bonds. The molecule has 5 nitrogen and oxygen atoms in total. The molecule has 0 saturated carbocycles. The highest BCUT2D eigenvalue weighted by molar-refractivity contribution is 7.09. The molecule has 0 radical (unpaired) electrons. The van der Waals surface area contributed by atoms with E-state index in [9.17, 15) is 4.79 Å². The number of thiazole rings is 1. The van der Waals surface area contributed by atoms with Crippen LogP contribution in [0.5, 0.6) is 0 Å². The lowest BCUT2D eigenvalue weighted by Crippen LogP contribution is -2.05. The van der Waals surface area contributed by atoms with Gasteiger partial charge in [0.15, 0.2) is 0 Å². The Hall–Kier alpha value is -1.95. The number of nitrogens with one attached hydrogen (secondary N) is 1. The van der Waals surface area contributed by atoms with Gasteiger partial charge in [0.05, 0.1) is 12.1 Å². The Bertz CT molecular complexity index is 580. The first-order chi connectivity index (χ1) is 8.54. The molecule has 2 heterocycles. The monoisotopic (exact) mass is 263 g/mol. The minimum absolute atomic E-state index is 0.236. The van der Waals surface area contributed by atoms with Crippen molar-refractivity contribution < 1.29 is 9.90 Å². The van der Waals surface area contributed by atoms with Crippen molar-refractivity contribution in [2.75, 3.05) is 5.32 Å². The normalized spacial score (nSPS) is 10.3. The van der Waals surface area contributed by atoms with Crippen LogP contribution in [0, 0.1) is 13.8 Å². The van der Waals surface area contributed by atoms with Crippen LogP contribution in [-0.4, -0.2) is 21.0 Å². The van der Waals surface area contributed by atoms with E-state index in [0.717, 1.165) is 10.7 Å². The lowest BCUT2D eigenvalue weighted by Gasteiger charge is -2.06. The van der Waals surface area contributed by atoms with Gasteiger partial charge in [-0.3, -0.25) is 0 Å². The zero-order valence-electron chi connectivity index (χ0n) is 10.1. The van der Waals surface area contributed by atoms with Crippen molar-refractivity contribution in [1.82, 2.24) is 9.97 Å². The molecule has 0 spiro atoms. The van der Waals surface area contributed by atoms with E-state index in [1.165, 1.54) is 6.07 Å². The van der Waals surface area contributed by atoms with Crippen molar-refractivity contribution >= 4 is 23.1 Å². The lowest BCUT2D eigenvalue weighted by atomic mass is 10.2. The molecule has 0 unspecified atom stereocenters. The number of hydrogen-bond donors (Lipinski definition) is 2. The van der Waals surface area contributed by atoms with Crippen LogP contribution in [0.15, 0.2) is 17.5 Å². The highest BCUT2D eigenvalue weighted by Gasteiger charge is 2.07. The number of nitrogens with zero attached hydrogens (tertiary/aromatic N) is 2. The zero-order chi connectivity index (χ0) is 13.1. The van der Waals surface area contributed by atoms with Gasteiger partial charge in [-0.05, 0) is 26.0 Å². The number of carboxylic acids is 1. The summed E-state index contributed by atoms with van der Waals surface area (Å²) in [6, 6.07) is 3.07. The van der Waals surface area contributed by atoms with Gasteiger partial charge in [-0.15, -0.1) is 11.3 Å². The minimum atomic E-state index is -0.950. The molecule has 0 aliphatic carbocycles. The van der Waals surface area contributed by atoms with E-state index in [4.69, 9.17) is 5.11 Å².